The second-order valence-corrected chi connectivity index (χ2v) is 4.65. The summed E-state index contributed by atoms with van der Waals surface area (Å²) in [4.78, 5) is 10.3. The van der Waals surface area contributed by atoms with E-state index in [4.69, 9.17) is 0 Å². The number of ketones is 1. The maximum absolute atomic E-state index is 10.3. The van der Waals surface area contributed by atoms with Crippen LogP contribution in [0.1, 0.15) is 6.92 Å². The van der Waals surface area contributed by atoms with Crippen LogP contribution in [0.25, 0.3) is 0 Å². The van der Waals surface area contributed by atoms with E-state index in [2.05, 4.69) is 0 Å². The fourth-order valence-corrected chi connectivity index (χ4v) is 2.10. The van der Waals surface area contributed by atoms with E-state index in [1.54, 1.807) is 0 Å². The molecule has 0 bridgehead atoms. The third-order valence-electron chi connectivity index (χ3n) is 0.783. The molecule has 0 spiro atoms. The summed E-state index contributed by atoms with van der Waals surface area (Å²) >= 11 is 1.16. The van der Waals surface area contributed by atoms with Gasteiger partial charge in [-0.25, -0.2) is 8.42 Å². The molecule has 0 amide bonds. The van der Waals surface area contributed by atoms with Gasteiger partial charge in [-0.05, 0) is 6.92 Å². The molecule has 6 heteroatoms. The summed E-state index contributed by atoms with van der Waals surface area (Å²) in [6, 6.07) is 0. The number of hydrogen-bond acceptors (Lipinski definition) is 5. The van der Waals surface area contributed by atoms with Crippen molar-refractivity contribution in [1.82, 2.24) is 0 Å². The molecule has 0 aliphatic heterocycles. The van der Waals surface area contributed by atoms with E-state index >= 15 is 0 Å². The van der Waals surface area contributed by atoms with Crippen LogP contribution in [0.4, 0.5) is 0 Å². The summed E-state index contributed by atoms with van der Waals surface area (Å²) in [5, 5.41) is 0. The van der Waals surface area contributed by atoms with Gasteiger partial charge < -0.3 is 4.55 Å². The third-order valence-corrected chi connectivity index (χ3v) is 2.85. The van der Waals surface area contributed by atoms with Crippen LogP contribution < -0.4 is 0 Å². The first kappa shape index (κ1) is 10.9. The van der Waals surface area contributed by atoms with Crippen LogP contribution in [0, 0.1) is 0 Å². The number of rotatable bonds is 5. The average molecular weight is 197 g/mol. The van der Waals surface area contributed by atoms with Crippen LogP contribution in [0.15, 0.2) is 0 Å². The Balaban J connectivity index is 3.37. The fraction of sp³-hybridized carbons (Fsp3) is 0.800. The molecule has 0 atom stereocenters. The highest BCUT2D eigenvalue weighted by Gasteiger charge is 1.97. The van der Waals surface area contributed by atoms with Crippen LogP contribution in [0.3, 0.4) is 0 Å². The lowest BCUT2D eigenvalue weighted by Crippen LogP contribution is -2.07. The van der Waals surface area contributed by atoms with Crippen molar-refractivity contribution >= 4 is 27.7 Å². The lowest BCUT2D eigenvalue weighted by molar-refractivity contribution is -0.114. The van der Waals surface area contributed by atoms with E-state index in [9.17, 15) is 17.8 Å². The molecule has 0 N–H and O–H groups in total. The first-order valence-corrected chi connectivity index (χ1v) is 5.66. The number of hydrogen-bond donors (Lipinski definition) is 0. The molecule has 0 rings (SSSR count). The normalized spacial score (nSPS) is 11.5. The maximum atomic E-state index is 10.3. The molecule has 0 aromatic heterocycles. The Labute approximate surface area is 70.1 Å². The predicted molar refractivity (Wildman–Crippen MR) is 42.6 cm³/mol. The number of thioether (sulfide) groups is 1. The number of carbonyl (C=O) groups is 1. The average Bonchev–Trinajstić information content (AvgIpc) is 1.78. The molecular weight excluding hydrogens is 188 g/mol. The molecule has 11 heavy (non-hydrogen) atoms. The Kier molecular flexibility index (Phi) is 4.71. The molecule has 0 aromatic rings. The fourth-order valence-electron chi connectivity index (χ4n) is 0.377. The molecule has 0 radical (unpaired) electrons. The Hall–Kier alpha value is -0.0700. The van der Waals surface area contributed by atoms with Gasteiger partial charge >= 0.3 is 0 Å². The van der Waals surface area contributed by atoms with Gasteiger partial charge in [0, 0.05) is 11.5 Å². The van der Waals surface area contributed by atoms with Gasteiger partial charge in [-0.2, -0.15) is 11.8 Å². The van der Waals surface area contributed by atoms with Gasteiger partial charge in [0.25, 0.3) is 0 Å². The number of Topliss-reactive ketones (excluding diaryl/α,β-unsaturated/α-hetero) is 1. The van der Waals surface area contributed by atoms with Gasteiger partial charge in [-0.1, -0.05) is 0 Å². The molecular formula is C5H9O4S2-. The molecule has 4 nitrogen and oxygen atoms in total. The molecule has 0 saturated heterocycles. The minimum atomic E-state index is -4.10. The summed E-state index contributed by atoms with van der Waals surface area (Å²) in [6.45, 7) is 1.42. The van der Waals surface area contributed by atoms with Crippen molar-refractivity contribution in [2.45, 2.75) is 6.92 Å². The minimum Gasteiger partial charge on any atom is -0.748 e. The highest BCUT2D eigenvalue weighted by molar-refractivity contribution is 8.00. The highest BCUT2D eigenvalue weighted by atomic mass is 32.2. The Morgan fingerprint density at radius 1 is 1.55 bits per heavy atom. The molecule has 0 unspecified atom stereocenters. The molecule has 66 valence electrons. The van der Waals surface area contributed by atoms with Crippen LogP contribution >= 0.6 is 11.8 Å². The predicted octanol–water partition coefficient (Wildman–Crippen LogP) is -0.146. The molecule has 0 aliphatic carbocycles. The molecule has 0 aromatic carbocycles. The van der Waals surface area contributed by atoms with Gasteiger partial charge in [-0.15, -0.1) is 0 Å². The largest absolute Gasteiger partial charge is 0.748 e. The van der Waals surface area contributed by atoms with Crippen molar-refractivity contribution in [2.24, 2.45) is 0 Å². The van der Waals surface area contributed by atoms with Gasteiger partial charge in [0.2, 0.25) is 0 Å². The van der Waals surface area contributed by atoms with E-state index in [-0.39, 0.29) is 17.3 Å². The molecule has 0 saturated carbocycles. The van der Waals surface area contributed by atoms with E-state index in [0.717, 1.165) is 11.8 Å². The van der Waals surface area contributed by atoms with Crippen molar-refractivity contribution in [2.75, 3.05) is 17.3 Å². The van der Waals surface area contributed by atoms with Crippen molar-refractivity contribution in [3.8, 4) is 0 Å². The Bertz CT molecular complexity index is 219. The number of carbonyl (C=O) groups excluding carboxylic acids is 1. The summed E-state index contributed by atoms with van der Waals surface area (Å²) in [5.41, 5.74) is 0. The maximum Gasteiger partial charge on any atom is 0.139 e. The van der Waals surface area contributed by atoms with Gasteiger partial charge in [0.05, 0.1) is 15.9 Å². The lowest BCUT2D eigenvalue weighted by Gasteiger charge is -2.04. The van der Waals surface area contributed by atoms with Crippen LogP contribution in [0.2, 0.25) is 0 Å². The van der Waals surface area contributed by atoms with E-state index < -0.39 is 15.9 Å². The second-order valence-electron chi connectivity index (χ2n) is 2.02. The van der Waals surface area contributed by atoms with Crippen LogP contribution in [0.5, 0.6) is 0 Å². The van der Waals surface area contributed by atoms with Gasteiger partial charge in [0.15, 0.2) is 0 Å². The summed E-state index contributed by atoms with van der Waals surface area (Å²) in [5.74, 6) is 0.0598. The molecule has 0 aliphatic rings. The smallest absolute Gasteiger partial charge is 0.139 e. The first-order chi connectivity index (χ1) is 4.92. The second kappa shape index (κ2) is 4.74. The zero-order valence-electron chi connectivity index (χ0n) is 6.07. The van der Waals surface area contributed by atoms with E-state index in [0.29, 0.717) is 0 Å². The van der Waals surface area contributed by atoms with E-state index in [1.807, 2.05) is 0 Å². The van der Waals surface area contributed by atoms with Crippen molar-refractivity contribution in [1.29, 1.82) is 0 Å². The van der Waals surface area contributed by atoms with Crippen molar-refractivity contribution < 1.29 is 17.8 Å². The first-order valence-electron chi connectivity index (χ1n) is 2.92. The van der Waals surface area contributed by atoms with Crippen LogP contribution in [-0.4, -0.2) is 36.0 Å². The molecule has 0 heterocycles. The van der Waals surface area contributed by atoms with Crippen molar-refractivity contribution in [3.05, 3.63) is 0 Å². The zero-order chi connectivity index (χ0) is 8.91. The Morgan fingerprint density at radius 3 is 2.45 bits per heavy atom. The Morgan fingerprint density at radius 2 is 2.09 bits per heavy atom. The zero-order valence-corrected chi connectivity index (χ0v) is 7.70. The standard InChI is InChI=1S/C5H10O4S2/c1-5(6)4-10-2-3-11(7,8)9/h2-4H2,1H3,(H,7,8,9)/p-1. The highest BCUT2D eigenvalue weighted by Crippen LogP contribution is 2.00. The SMILES string of the molecule is CC(=O)CSCCS(=O)(=O)[O-]. The molecule has 0 fully saturated rings. The minimum absolute atomic E-state index is 0.0155. The topological polar surface area (TPSA) is 74.3 Å². The van der Waals surface area contributed by atoms with E-state index in [1.165, 1.54) is 6.92 Å². The van der Waals surface area contributed by atoms with Crippen molar-refractivity contribution in [3.63, 3.8) is 0 Å². The monoisotopic (exact) mass is 197 g/mol. The lowest BCUT2D eigenvalue weighted by atomic mass is 10.5. The summed E-state index contributed by atoms with van der Waals surface area (Å²) < 4.78 is 30.1. The third kappa shape index (κ3) is 9.93. The summed E-state index contributed by atoms with van der Waals surface area (Å²) in [6.07, 6.45) is 0. The van der Waals surface area contributed by atoms with Crippen LogP contribution in [-0.2, 0) is 14.9 Å². The van der Waals surface area contributed by atoms with Gasteiger partial charge in [-0.3, -0.25) is 4.79 Å². The quantitative estimate of drug-likeness (QED) is 0.453. The van der Waals surface area contributed by atoms with Gasteiger partial charge in [0.1, 0.15) is 5.78 Å². The summed E-state index contributed by atoms with van der Waals surface area (Å²) in [7, 11) is -4.10.